The molecule has 1 unspecified atom stereocenters. The maximum atomic E-state index is 10.5. The topological polar surface area (TPSA) is 20.2 Å². The van der Waals surface area contributed by atoms with Crippen LogP contribution in [-0.4, -0.2) is 5.11 Å². The van der Waals surface area contributed by atoms with E-state index in [2.05, 4.69) is 38.1 Å². The highest BCUT2D eigenvalue weighted by Crippen LogP contribution is 2.34. The molecule has 80 valence electrons. The molecule has 0 spiro atoms. The number of benzene rings is 1. The molecule has 1 aromatic rings. The Balaban J connectivity index is 2.44. The number of allylic oxidation sites excluding steroid dienone is 1. The predicted molar refractivity (Wildman–Crippen MR) is 62.8 cm³/mol. The molecule has 0 heterocycles. The van der Waals surface area contributed by atoms with Crippen LogP contribution in [0.15, 0.2) is 30.4 Å². The summed E-state index contributed by atoms with van der Waals surface area (Å²) in [5.41, 5.74) is 2.77. The van der Waals surface area contributed by atoms with Crippen molar-refractivity contribution in [1.82, 2.24) is 0 Å². The Morgan fingerprint density at radius 3 is 2.67 bits per heavy atom. The van der Waals surface area contributed by atoms with Crippen molar-refractivity contribution in [3.63, 3.8) is 0 Å². The van der Waals surface area contributed by atoms with Crippen LogP contribution in [0.3, 0.4) is 0 Å². The zero-order valence-electron chi connectivity index (χ0n) is 9.46. The third-order valence-electron chi connectivity index (χ3n) is 3.17. The first kappa shape index (κ1) is 10.4. The SMILES string of the molecule is Cc1ccc(C2(O)C=CCCC2)c(C)c1. The highest BCUT2D eigenvalue weighted by Gasteiger charge is 2.28. The fraction of sp³-hybridized carbons (Fsp3) is 0.429. The summed E-state index contributed by atoms with van der Waals surface area (Å²) in [6.07, 6.45) is 7.04. The van der Waals surface area contributed by atoms with Crippen LogP contribution in [0, 0.1) is 13.8 Å². The Bertz CT molecular complexity index is 392. The molecule has 0 saturated carbocycles. The van der Waals surface area contributed by atoms with E-state index in [0.717, 1.165) is 24.8 Å². The standard InChI is InChI=1S/C14H18O/c1-11-6-7-13(12(2)10-11)14(15)8-4-3-5-9-14/h4,6-8,10,15H,3,5,9H2,1-2H3. The van der Waals surface area contributed by atoms with Gasteiger partial charge in [-0.25, -0.2) is 0 Å². The van der Waals surface area contributed by atoms with Crippen LogP contribution in [0.2, 0.25) is 0 Å². The first-order valence-electron chi connectivity index (χ1n) is 5.60. The lowest BCUT2D eigenvalue weighted by Gasteiger charge is -2.29. The summed E-state index contributed by atoms with van der Waals surface area (Å²) in [5, 5.41) is 10.5. The molecule has 1 nitrogen and oxygen atoms in total. The van der Waals surface area contributed by atoms with E-state index in [-0.39, 0.29) is 0 Å². The monoisotopic (exact) mass is 202 g/mol. The highest BCUT2D eigenvalue weighted by molar-refractivity contribution is 5.38. The molecule has 0 fully saturated rings. The molecule has 1 aliphatic rings. The van der Waals surface area contributed by atoms with Gasteiger partial charge >= 0.3 is 0 Å². The zero-order valence-corrected chi connectivity index (χ0v) is 9.46. The quantitative estimate of drug-likeness (QED) is 0.693. The van der Waals surface area contributed by atoms with E-state index in [1.54, 1.807) is 0 Å². The fourth-order valence-corrected chi connectivity index (χ4v) is 2.37. The predicted octanol–water partition coefficient (Wildman–Crippen LogP) is 3.23. The molecule has 0 bridgehead atoms. The molecular formula is C14H18O. The van der Waals surface area contributed by atoms with E-state index in [1.165, 1.54) is 11.1 Å². The van der Waals surface area contributed by atoms with Crippen molar-refractivity contribution in [1.29, 1.82) is 0 Å². The second kappa shape index (κ2) is 3.82. The minimum absolute atomic E-state index is 0.726. The maximum Gasteiger partial charge on any atom is 0.108 e. The molecule has 0 aliphatic heterocycles. The van der Waals surface area contributed by atoms with Crippen LogP contribution in [0.1, 0.15) is 36.0 Å². The minimum Gasteiger partial charge on any atom is -0.381 e. The summed E-state index contributed by atoms with van der Waals surface area (Å²) >= 11 is 0. The Labute approximate surface area is 91.4 Å². The molecule has 1 aromatic carbocycles. The normalized spacial score (nSPS) is 25.5. The molecule has 0 saturated heterocycles. The van der Waals surface area contributed by atoms with Crippen LogP contribution in [-0.2, 0) is 5.60 Å². The largest absolute Gasteiger partial charge is 0.381 e. The number of hydrogen-bond acceptors (Lipinski definition) is 1. The highest BCUT2D eigenvalue weighted by atomic mass is 16.3. The summed E-state index contributed by atoms with van der Waals surface area (Å²) in [6.45, 7) is 4.15. The molecule has 0 aromatic heterocycles. The summed E-state index contributed by atoms with van der Waals surface area (Å²) in [6, 6.07) is 6.26. The van der Waals surface area contributed by atoms with E-state index in [0.29, 0.717) is 0 Å². The van der Waals surface area contributed by atoms with Crippen molar-refractivity contribution in [3.05, 3.63) is 47.0 Å². The Morgan fingerprint density at radius 2 is 2.07 bits per heavy atom. The van der Waals surface area contributed by atoms with Gasteiger partial charge in [-0.1, -0.05) is 35.9 Å². The van der Waals surface area contributed by atoms with Crippen LogP contribution >= 0.6 is 0 Å². The van der Waals surface area contributed by atoms with Gasteiger partial charge in [-0.15, -0.1) is 0 Å². The van der Waals surface area contributed by atoms with Crippen LogP contribution in [0.25, 0.3) is 0 Å². The van der Waals surface area contributed by atoms with Crippen molar-refractivity contribution in [2.45, 2.75) is 38.7 Å². The number of rotatable bonds is 1. The minimum atomic E-state index is -0.726. The van der Waals surface area contributed by atoms with Crippen molar-refractivity contribution < 1.29 is 5.11 Å². The van der Waals surface area contributed by atoms with E-state index < -0.39 is 5.60 Å². The Hall–Kier alpha value is -1.08. The molecule has 0 radical (unpaired) electrons. The maximum absolute atomic E-state index is 10.5. The van der Waals surface area contributed by atoms with E-state index in [4.69, 9.17) is 0 Å². The van der Waals surface area contributed by atoms with Crippen LogP contribution in [0.5, 0.6) is 0 Å². The van der Waals surface area contributed by atoms with Gasteiger partial charge in [0.1, 0.15) is 5.60 Å². The van der Waals surface area contributed by atoms with Gasteiger partial charge in [0.15, 0.2) is 0 Å². The summed E-state index contributed by atoms with van der Waals surface area (Å²) in [7, 11) is 0. The second-order valence-corrected chi connectivity index (χ2v) is 4.54. The smallest absolute Gasteiger partial charge is 0.108 e. The lowest BCUT2D eigenvalue weighted by Crippen LogP contribution is -2.25. The lowest BCUT2D eigenvalue weighted by atomic mass is 9.82. The van der Waals surface area contributed by atoms with E-state index in [9.17, 15) is 5.11 Å². The first-order chi connectivity index (χ1) is 7.12. The fourth-order valence-electron chi connectivity index (χ4n) is 2.37. The van der Waals surface area contributed by atoms with Gasteiger partial charge in [-0.2, -0.15) is 0 Å². The van der Waals surface area contributed by atoms with Crippen LogP contribution in [0.4, 0.5) is 0 Å². The number of aliphatic hydroxyl groups is 1. The first-order valence-corrected chi connectivity index (χ1v) is 5.60. The van der Waals surface area contributed by atoms with Gasteiger partial charge in [0, 0.05) is 0 Å². The third-order valence-corrected chi connectivity index (χ3v) is 3.17. The molecule has 15 heavy (non-hydrogen) atoms. The molecule has 1 N–H and O–H groups in total. The molecule has 1 aliphatic carbocycles. The van der Waals surface area contributed by atoms with E-state index >= 15 is 0 Å². The van der Waals surface area contributed by atoms with Crippen molar-refractivity contribution in [3.8, 4) is 0 Å². The second-order valence-electron chi connectivity index (χ2n) is 4.54. The molecule has 1 atom stereocenters. The van der Waals surface area contributed by atoms with Crippen molar-refractivity contribution in [2.75, 3.05) is 0 Å². The van der Waals surface area contributed by atoms with Gasteiger partial charge in [-0.05, 0) is 44.2 Å². The van der Waals surface area contributed by atoms with Crippen molar-refractivity contribution in [2.24, 2.45) is 0 Å². The molecule has 2 rings (SSSR count). The van der Waals surface area contributed by atoms with E-state index in [1.807, 2.05) is 6.08 Å². The average Bonchev–Trinajstić information content (AvgIpc) is 2.18. The number of hydrogen-bond donors (Lipinski definition) is 1. The van der Waals surface area contributed by atoms with Gasteiger partial charge in [0.25, 0.3) is 0 Å². The zero-order chi connectivity index (χ0) is 10.9. The number of aryl methyl sites for hydroxylation is 2. The molecule has 0 amide bonds. The summed E-state index contributed by atoms with van der Waals surface area (Å²) < 4.78 is 0. The lowest BCUT2D eigenvalue weighted by molar-refractivity contribution is 0.0719. The molecule has 1 heteroatoms. The van der Waals surface area contributed by atoms with Crippen molar-refractivity contribution >= 4 is 0 Å². The molecular weight excluding hydrogens is 184 g/mol. The summed E-state index contributed by atoms with van der Waals surface area (Å²) in [5.74, 6) is 0. The van der Waals surface area contributed by atoms with Gasteiger partial charge in [-0.3, -0.25) is 0 Å². The Kier molecular flexibility index (Phi) is 2.66. The Morgan fingerprint density at radius 1 is 1.27 bits per heavy atom. The van der Waals surface area contributed by atoms with Gasteiger partial charge in [0.2, 0.25) is 0 Å². The van der Waals surface area contributed by atoms with Gasteiger partial charge in [0.05, 0.1) is 0 Å². The summed E-state index contributed by atoms with van der Waals surface area (Å²) in [4.78, 5) is 0. The average molecular weight is 202 g/mol. The van der Waals surface area contributed by atoms with Gasteiger partial charge < -0.3 is 5.11 Å². The third kappa shape index (κ3) is 1.98. The van der Waals surface area contributed by atoms with Crippen LogP contribution < -0.4 is 0 Å².